The number of benzene rings is 1. The molecule has 1 aromatic carbocycles. The Hall–Kier alpha value is -2.63. The molecular formula is C17H19N3O3. The van der Waals surface area contributed by atoms with Crippen LogP contribution in [0.3, 0.4) is 0 Å². The normalized spacial score (nSPS) is 11.1. The van der Waals surface area contributed by atoms with Gasteiger partial charge in [-0.1, -0.05) is 0 Å². The van der Waals surface area contributed by atoms with Gasteiger partial charge in [0.2, 0.25) is 0 Å². The largest absolute Gasteiger partial charge is 0.485 e. The van der Waals surface area contributed by atoms with Crippen LogP contribution in [0.1, 0.15) is 29.4 Å². The van der Waals surface area contributed by atoms with Crippen LogP contribution in [0.4, 0.5) is 0 Å². The molecule has 0 saturated carbocycles. The summed E-state index contributed by atoms with van der Waals surface area (Å²) in [5.74, 6) is 1.45. The SMILES string of the molecule is CCn1cnnc1COc1cc(C)cc2oc(=O)c(C)c(C)c12. The van der Waals surface area contributed by atoms with E-state index in [2.05, 4.69) is 10.2 Å². The van der Waals surface area contributed by atoms with E-state index in [9.17, 15) is 4.79 Å². The average Bonchev–Trinajstić information content (AvgIpc) is 2.97. The predicted molar refractivity (Wildman–Crippen MR) is 86.7 cm³/mol. The Morgan fingerprint density at radius 2 is 2.00 bits per heavy atom. The number of hydrogen-bond donors (Lipinski definition) is 0. The van der Waals surface area contributed by atoms with Gasteiger partial charge in [0.05, 0.1) is 5.39 Å². The van der Waals surface area contributed by atoms with E-state index in [0.717, 1.165) is 28.9 Å². The number of rotatable bonds is 4. The monoisotopic (exact) mass is 313 g/mol. The van der Waals surface area contributed by atoms with Crippen LogP contribution in [0.15, 0.2) is 27.7 Å². The second-order valence-electron chi connectivity index (χ2n) is 5.60. The van der Waals surface area contributed by atoms with Crippen LogP contribution in [-0.4, -0.2) is 14.8 Å². The molecule has 0 amide bonds. The molecule has 0 fully saturated rings. The molecule has 3 rings (SSSR count). The summed E-state index contributed by atoms with van der Waals surface area (Å²) in [6, 6.07) is 3.80. The smallest absolute Gasteiger partial charge is 0.339 e. The highest BCUT2D eigenvalue weighted by atomic mass is 16.5. The van der Waals surface area contributed by atoms with Crippen LogP contribution in [0.5, 0.6) is 5.75 Å². The predicted octanol–water partition coefficient (Wildman–Crippen LogP) is 2.91. The van der Waals surface area contributed by atoms with Crippen molar-refractivity contribution in [2.45, 2.75) is 40.8 Å². The van der Waals surface area contributed by atoms with E-state index < -0.39 is 0 Å². The first kappa shape index (κ1) is 15.3. The molecule has 0 spiro atoms. The van der Waals surface area contributed by atoms with Crippen LogP contribution in [0.2, 0.25) is 0 Å². The van der Waals surface area contributed by atoms with Gasteiger partial charge in [-0.15, -0.1) is 10.2 Å². The summed E-state index contributed by atoms with van der Waals surface area (Å²) >= 11 is 0. The first-order valence-corrected chi connectivity index (χ1v) is 7.55. The van der Waals surface area contributed by atoms with Gasteiger partial charge in [-0.3, -0.25) is 0 Å². The summed E-state index contributed by atoms with van der Waals surface area (Å²) in [6.45, 7) is 8.73. The van der Waals surface area contributed by atoms with Gasteiger partial charge in [0, 0.05) is 12.1 Å². The lowest BCUT2D eigenvalue weighted by molar-refractivity contribution is 0.292. The van der Waals surface area contributed by atoms with Gasteiger partial charge in [-0.2, -0.15) is 0 Å². The molecule has 3 aromatic rings. The molecular weight excluding hydrogens is 294 g/mol. The van der Waals surface area contributed by atoms with E-state index in [0.29, 0.717) is 23.5 Å². The van der Waals surface area contributed by atoms with Crippen molar-refractivity contribution >= 4 is 11.0 Å². The lowest BCUT2D eigenvalue weighted by Gasteiger charge is -2.13. The third kappa shape index (κ3) is 2.72. The lowest BCUT2D eigenvalue weighted by Crippen LogP contribution is -2.08. The van der Waals surface area contributed by atoms with E-state index >= 15 is 0 Å². The molecule has 120 valence electrons. The molecule has 0 N–H and O–H groups in total. The van der Waals surface area contributed by atoms with Crippen molar-refractivity contribution in [1.82, 2.24) is 14.8 Å². The van der Waals surface area contributed by atoms with E-state index in [1.54, 1.807) is 13.3 Å². The summed E-state index contributed by atoms with van der Waals surface area (Å²) < 4.78 is 13.3. The minimum Gasteiger partial charge on any atom is -0.485 e. The third-order valence-electron chi connectivity index (χ3n) is 4.05. The van der Waals surface area contributed by atoms with Crippen molar-refractivity contribution in [1.29, 1.82) is 0 Å². The highest BCUT2D eigenvalue weighted by Crippen LogP contribution is 2.31. The van der Waals surface area contributed by atoms with Crippen LogP contribution < -0.4 is 10.4 Å². The quantitative estimate of drug-likeness (QED) is 0.693. The molecule has 0 bridgehead atoms. The van der Waals surface area contributed by atoms with Crippen molar-refractivity contribution < 1.29 is 9.15 Å². The van der Waals surface area contributed by atoms with Crippen molar-refractivity contribution in [2.24, 2.45) is 0 Å². The Kier molecular flexibility index (Phi) is 3.90. The molecule has 0 aliphatic carbocycles. The lowest BCUT2D eigenvalue weighted by atomic mass is 10.0. The molecule has 6 nitrogen and oxygen atoms in total. The average molecular weight is 313 g/mol. The summed E-state index contributed by atoms with van der Waals surface area (Å²) in [7, 11) is 0. The van der Waals surface area contributed by atoms with Crippen LogP contribution in [0, 0.1) is 20.8 Å². The van der Waals surface area contributed by atoms with Crippen LogP contribution in [0.25, 0.3) is 11.0 Å². The maximum absolute atomic E-state index is 11.9. The molecule has 0 aliphatic rings. The molecule has 0 unspecified atom stereocenters. The minimum absolute atomic E-state index is 0.308. The zero-order valence-electron chi connectivity index (χ0n) is 13.7. The van der Waals surface area contributed by atoms with Gasteiger partial charge >= 0.3 is 5.63 Å². The highest BCUT2D eigenvalue weighted by molar-refractivity contribution is 5.88. The molecule has 2 heterocycles. The molecule has 0 saturated heterocycles. The Labute approximate surface area is 133 Å². The van der Waals surface area contributed by atoms with Gasteiger partial charge in [0.1, 0.15) is 24.3 Å². The third-order valence-corrected chi connectivity index (χ3v) is 4.05. The second kappa shape index (κ2) is 5.87. The zero-order valence-corrected chi connectivity index (χ0v) is 13.7. The number of aryl methyl sites for hydroxylation is 3. The molecule has 0 aliphatic heterocycles. The van der Waals surface area contributed by atoms with Gasteiger partial charge in [-0.05, 0) is 51.0 Å². The first-order valence-electron chi connectivity index (χ1n) is 7.55. The van der Waals surface area contributed by atoms with E-state index in [1.807, 2.05) is 37.5 Å². The fourth-order valence-corrected chi connectivity index (χ4v) is 2.60. The minimum atomic E-state index is -0.308. The fraction of sp³-hybridized carbons (Fsp3) is 0.353. The topological polar surface area (TPSA) is 70.2 Å². The zero-order chi connectivity index (χ0) is 16.6. The van der Waals surface area contributed by atoms with Gasteiger partial charge in [0.15, 0.2) is 5.82 Å². The van der Waals surface area contributed by atoms with Crippen LogP contribution >= 0.6 is 0 Å². The summed E-state index contributed by atoms with van der Waals surface area (Å²) in [5, 5.41) is 8.80. The fourth-order valence-electron chi connectivity index (χ4n) is 2.60. The first-order chi connectivity index (χ1) is 11.0. The maximum atomic E-state index is 11.9. The number of fused-ring (bicyclic) bond motifs is 1. The van der Waals surface area contributed by atoms with Gasteiger partial charge in [0.25, 0.3) is 0 Å². The second-order valence-corrected chi connectivity index (χ2v) is 5.60. The molecule has 6 heteroatoms. The van der Waals surface area contributed by atoms with E-state index in [-0.39, 0.29) is 5.63 Å². The molecule has 23 heavy (non-hydrogen) atoms. The van der Waals surface area contributed by atoms with Gasteiger partial charge in [-0.25, -0.2) is 4.79 Å². The Bertz CT molecular complexity index is 925. The number of hydrogen-bond acceptors (Lipinski definition) is 5. The standard InChI is InChI=1S/C17H19N3O3/c1-5-20-9-18-19-15(20)8-22-13-6-10(2)7-14-16(13)11(3)12(4)17(21)23-14/h6-7,9H,5,8H2,1-4H3. The van der Waals surface area contributed by atoms with Crippen molar-refractivity contribution in [2.75, 3.05) is 0 Å². The van der Waals surface area contributed by atoms with Crippen molar-refractivity contribution in [3.05, 3.63) is 51.4 Å². The number of nitrogens with zero attached hydrogens (tertiary/aromatic N) is 3. The molecule has 0 radical (unpaired) electrons. The van der Waals surface area contributed by atoms with Crippen molar-refractivity contribution in [3.63, 3.8) is 0 Å². The van der Waals surface area contributed by atoms with Crippen LogP contribution in [-0.2, 0) is 13.2 Å². The number of ether oxygens (including phenoxy) is 1. The molecule has 0 atom stereocenters. The molecule has 2 aromatic heterocycles. The maximum Gasteiger partial charge on any atom is 0.339 e. The Morgan fingerprint density at radius 3 is 2.74 bits per heavy atom. The Balaban J connectivity index is 2.06. The Morgan fingerprint density at radius 1 is 1.22 bits per heavy atom. The summed E-state index contributed by atoms with van der Waals surface area (Å²) in [5.41, 5.74) is 2.68. The van der Waals surface area contributed by atoms with Gasteiger partial charge < -0.3 is 13.7 Å². The van der Waals surface area contributed by atoms with E-state index in [4.69, 9.17) is 9.15 Å². The number of aromatic nitrogens is 3. The summed E-state index contributed by atoms with van der Waals surface area (Å²) in [4.78, 5) is 11.9. The summed E-state index contributed by atoms with van der Waals surface area (Å²) in [6.07, 6.45) is 1.68. The van der Waals surface area contributed by atoms with Crippen molar-refractivity contribution in [3.8, 4) is 5.75 Å². The highest BCUT2D eigenvalue weighted by Gasteiger charge is 2.14. The van der Waals surface area contributed by atoms with E-state index in [1.165, 1.54) is 0 Å².